The SMILES string of the molecule is CC1CCC(C)N(S(=O)(=O)c2c(Br)nnn2C)C1. The minimum atomic E-state index is -3.54. The smallest absolute Gasteiger partial charge is 0.235 e. The van der Waals surface area contributed by atoms with Gasteiger partial charge in [0.15, 0.2) is 4.60 Å². The van der Waals surface area contributed by atoms with Crippen LogP contribution in [-0.2, 0) is 17.1 Å². The molecule has 0 bridgehead atoms. The second-order valence-electron chi connectivity index (χ2n) is 4.92. The summed E-state index contributed by atoms with van der Waals surface area (Å²) in [6.07, 6.45) is 1.96. The van der Waals surface area contributed by atoms with Crippen molar-refractivity contribution in [2.75, 3.05) is 6.54 Å². The summed E-state index contributed by atoms with van der Waals surface area (Å²) in [7, 11) is -1.95. The lowest BCUT2D eigenvalue weighted by Gasteiger charge is -2.35. The average molecular weight is 337 g/mol. The van der Waals surface area contributed by atoms with Crippen LogP contribution in [-0.4, -0.2) is 40.3 Å². The van der Waals surface area contributed by atoms with Crippen LogP contribution in [0.15, 0.2) is 9.63 Å². The summed E-state index contributed by atoms with van der Waals surface area (Å²) in [4.78, 5) is 0. The Morgan fingerprint density at radius 3 is 2.56 bits per heavy atom. The van der Waals surface area contributed by atoms with Gasteiger partial charge >= 0.3 is 0 Å². The molecule has 0 N–H and O–H groups in total. The first-order valence-corrected chi connectivity index (χ1v) is 8.14. The quantitative estimate of drug-likeness (QED) is 0.818. The molecule has 1 aromatic heterocycles. The molecule has 18 heavy (non-hydrogen) atoms. The molecule has 1 saturated heterocycles. The van der Waals surface area contributed by atoms with Crippen LogP contribution in [0.5, 0.6) is 0 Å². The number of piperidine rings is 1. The van der Waals surface area contributed by atoms with Crippen molar-refractivity contribution in [3.63, 3.8) is 0 Å². The van der Waals surface area contributed by atoms with Gasteiger partial charge in [0, 0.05) is 19.6 Å². The van der Waals surface area contributed by atoms with Gasteiger partial charge in [0.05, 0.1) is 0 Å². The van der Waals surface area contributed by atoms with Crippen molar-refractivity contribution in [1.29, 1.82) is 0 Å². The number of aryl methyl sites for hydroxylation is 1. The lowest BCUT2D eigenvalue weighted by molar-refractivity contribution is 0.217. The van der Waals surface area contributed by atoms with Gasteiger partial charge in [-0.15, -0.1) is 5.10 Å². The molecule has 2 rings (SSSR count). The minimum absolute atomic E-state index is 0.0213. The van der Waals surface area contributed by atoms with Crippen molar-refractivity contribution < 1.29 is 8.42 Å². The summed E-state index contributed by atoms with van der Waals surface area (Å²) in [6, 6.07) is 0.0213. The maximum absolute atomic E-state index is 12.6. The molecule has 8 heteroatoms. The van der Waals surface area contributed by atoms with Gasteiger partial charge in [-0.05, 0) is 41.6 Å². The van der Waals surface area contributed by atoms with Gasteiger partial charge < -0.3 is 0 Å². The molecule has 1 aliphatic heterocycles. The maximum atomic E-state index is 12.6. The minimum Gasteiger partial charge on any atom is -0.235 e. The largest absolute Gasteiger partial charge is 0.263 e. The average Bonchev–Trinajstić information content (AvgIpc) is 2.62. The molecule has 2 unspecified atom stereocenters. The number of sulfonamides is 1. The highest BCUT2D eigenvalue weighted by molar-refractivity contribution is 9.10. The molecule has 0 amide bonds. The van der Waals surface area contributed by atoms with E-state index in [2.05, 4.69) is 33.2 Å². The normalized spacial score (nSPS) is 26.4. The Hall–Kier alpha value is -0.470. The van der Waals surface area contributed by atoms with Crippen LogP contribution >= 0.6 is 15.9 Å². The molecule has 1 fully saturated rings. The Labute approximate surface area is 116 Å². The Morgan fingerprint density at radius 2 is 2.00 bits per heavy atom. The second kappa shape index (κ2) is 4.90. The predicted molar refractivity (Wildman–Crippen MR) is 70.5 cm³/mol. The highest BCUT2D eigenvalue weighted by atomic mass is 79.9. The topological polar surface area (TPSA) is 68.1 Å². The number of nitrogens with zero attached hydrogens (tertiary/aromatic N) is 4. The van der Waals surface area contributed by atoms with Crippen molar-refractivity contribution in [3.05, 3.63) is 4.60 Å². The number of halogens is 1. The monoisotopic (exact) mass is 336 g/mol. The van der Waals surface area contributed by atoms with Crippen LogP contribution in [0.3, 0.4) is 0 Å². The first kappa shape index (κ1) is 14.0. The molecule has 0 aromatic carbocycles. The van der Waals surface area contributed by atoms with E-state index in [1.165, 1.54) is 4.68 Å². The summed E-state index contributed by atoms with van der Waals surface area (Å²) in [5.41, 5.74) is 0. The highest BCUT2D eigenvalue weighted by Crippen LogP contribution is 2.29. The second-order valence-corrected chi connectivity index (χ2v) is 7.47. The first-order valence-electron chi connectivity index (χ1n) is 5.91. The van der Waals surface area contributed by atoms with Gasteiger partial charge in [-0.3, -0.25) is 0 Å². The van der Waals surface area contributed by atoms with Gasteiger partial charge in [-0.1, -0.05) is 12.1 Å². The van der Waals surface area contributed by atoms with E-state index in [-0.39, 0.29) is 15.7 Å². The van der Waals surface area contributed by atoms with Gasteiger partial charge in [-0.2, -0.15) is 4.31 Å². The van der Waals surface area contributed by atoms with Crippen molar-refractivity contribution >= 4 is 26.0 Å². The molecule has 2 heterocycles. The Bertz CT molecular complexity index is 523. The van der Waals surface area contributed by atoms with Crippen molar-refractivity contribution in [3.8, 4) is 0 Å². The molecule has 0 saturated carbocycles. The zero-order valence-electron chi connectivity index (χ0n) is 10.7. The van der Waals surface area contributed by atoms with Crippen molar-refractivity contribution in [2.45, 2.75) is 37.8 Å². The van der Waals surface area contributed by atoms with Gasteiger partial charge in [0.1, 0.15) is 0 Å². The van der Waals surface area contributed by atoms with Crippen LogP contribution in [0.1, 0.15) is 26.7 Å². The van der Waals surface area contributed by atoms with E-state index in [1.807, 2.05) is 6.92 Å². The third kappa shape index (κ3) is 2.33. The molecular formula is C10H17BrN4O2S. The molecule has 6 nitrogen and oxygen atoms in total. The van der Waals surface area contributed by atoms with E-state index in [9.17, 15) is 8.42 Å². The predicted octanol–water partition coefficient (Wildman–Crippen LogP) is 1.39. The summed E-state index contributed by atoms with van der Waals surface area (Å²) in [5, 5.41) is 7.61. The molecule has 1 aliphatic rings. The van der Waals surface area contributed by atoms with E-state index in [0.717, 1.165) is 12.8 Å². The van der Waals surface area contributed by atoms with Gasteiger partial charge in [0.2, 0.25) is 5.03 Å². The molecule has 0 radical (unpaired) electrons. The highest BCUT2D eigenvalue weighted by Gasteiger charge is 2.37. The molecule has 102 valence electrons. The van der Waals surface area contributed by atoms with Crippen LogP contribution in [0.25, 0.3) is 0 Å². The van der Waals surface area contributed by atoms with E-state index in [0.29, 0.717) is 12.5 Å². The van der Waals surface area contributed by atoms with E-state index in [4.69, 9.17) is 0 Å². The summed E-state index contributed by atoms with van der Waals surface area (Å²) in [5.74, 6) is 0.385. The lowest BCUT2D eigenvalue weighted by atomic mass is 9.97. The summed E-state index contributed by atoms with van der Waals surface area (Å²) < 4.78 is 28.4. The first-order chi connectivity index (χ1) is 8.34. The van der Waals surface area contributed by atoms with Crippen molar-refractivity contribution in [2.24, 2.45) is 13.0 Å². The molecule has 2 atom stereocenters. The Morgan fingerprint density at radius 1 is 1.33 bits per heavy atom. The van der Waals surface area contributed by atoms with Gasteiger partial charge in [0.25, 0.3) is 10.0 Å². The van der Waals surface area contributed by atoms with Crippen LogP contribution in [0.4, 0.5) is 0 Å². The third-order valence-electron chi connectivity index (χ3n) is 3.35. The van der Waals surface area contributed by atoms with Crippen molar-refractivity contribution in [1.82, 2.24) is 19.3 Å². The van der Waals surface area contributed by atoms with E-state index in [1.54, 1.807) is 11.4 Å². The van der Waals surface area contributed by atoms with Crippen LogP contribution in [0, 0.1) is 5.92 Å². The fourth-order valence-corrected chi connectivity index (χ4v) is 5.11. The van der Waals surface area contributed by atoms with E-state index < -0.39 is 10.0 Å². The fraction of sp³-hybridized carbons (Fsp3) is 0.800. The van der Waals surface area contributed by atoms with Crippen LogP contribution < -0.4 is 0 Å². The lowest BCUT2D eigenvalue weighted by Crippen LogP contribution is -2.45. The number of hydrogen-bond acceptors (Lipinski definition) is 4. The molecule has 0 spiro atoms. The summed E-state index contributed by atoms with van der Waals surface area (Å²) in [6.45, 7) is 4.58. The zero-order chi connectivity index (χ0) is 13.5. The van der Waals surface area contributed by atoms with Gasteiger partial charge in [-0.25, -0.2) is 13.1 Å². The third-order valence-corrected chi connectivity index (χ3v) is 6.22. The maximum Gasteiger partial charge on any atom is 0.263 e. The van der Waals surface area contributed by atoms with Crippen LogP contribution in [0.2, 0.25) is 0 Å². The molecule has 0 aliphatic carbocycles. The van der Waals surface area contributed by atoms with E-state index >= 15 is 0 Å². The number of hydrogen-bond donors (Lipinski definition) is 0. The number of rotatable bonds is 2. The standard InChI is InChI=1S/C10H17BrN4O2S/c1-7-4-5-8(2)15(6-7)18(16,17)10-9(11)12-13-14(10)3/h7-8H,4-6H2,1-3H3. The Balaban J connectivity index is 2.42. The fourth-order valence-electron chi connectivity index (χ4n) is 2.29. The Kier molecular flexibility index (Phi) is 3.80. The summed E-state index contributed by atoms with van der Waals surface area (Å²) >= 11 is 3.15. The molecule has 1 aromatic rings. The number of aromatic nitrogens is 3. The zero-order valence-corrected chi connectivity index (χ0v) is 13.1. The molecular weight excluding hydrogens is 320 g/mol.